The van der Waals surface area contributed by atoms with E-state index in [1.807, 2.05) is 0 Å². The molecule has 1 N–H and O–H groups in total. The molecular weight excluding hydrogens is 221 g/mol. The lowest BCUT2D eigenvalue weighted by Gasteiger charge is -2.32. The Balaban J connectivity index is 1.94. The Morgan fingerprint density at radius 3 is 3.29 bits per heavy atom. The van der Waals surface area contributed by atoms with Crippen molar-refractivity contribution in [2.45, 2.75) is 12.8 Å². The van der Waals surface area contributed by atoms with E-state index in [0.29, 0.717) is 0 Å². The van der Waals surface area contributed by atoms with Crippen molar-refractivity contribution in [1.82, 2.24) is 20.2 Å². The van der Waals surface area contributed by atoms with Crippen LogP contribution in [0.5, 0.6) is 0 Å². The molecule has 1 aliphatic heterocycles. The standard InChI is InChI=1S/C11H14FN5/c12-4-8-2-1-3-17(6-8)11-9-5-15-16-10(9)13-7-14-11/h5,7-8H,1-4,6H2,(H,13,14,15,16). The third-order valence-corrected chi connectivity index (χ3v) is 3.26. The summed E-state index contributed by atoms with van der Waals surface area (Å²) >= 11 is 0. The van der Waals surface area contributed by atoms with Gasteiger partial charge in [0.2, 0.25) is 0 Å². The van der Waals surface area contributed by atoms with Gasteiger partial charge in [0.25, 0.3) is 0 Å². The van der Waals surface area contributed by atoms with Gasteiger partial charge in [-0.3, -0.25) is 9.49 Å². The largest absolute Gasteiger partial charge is 0.356 e. The van der Waals surface area contributed by atoms with Gasteiger partial charge in [0.1, 0.15) is 12.1 Å². The molecule has 90 valence electrons. The van der Waals surface area contributed by atoms with Crippen LogP contribution in [0.15, 0.2) is 12.5 Å². The van der Waals surface area contributed by atoms with Crippen molar-refractivity contribution in [3.63, 3.8) is 0 Å². The van der Waals surface area contributed by atoms with Crippen LogP contribution < -0.4 is 4.90 Å². The molecule has 0 spiro atoms. The predicted octanol–water partition coefficient (Wildman–Crippen LogP) is 1.54. The van der Waals surface area contributed by atoms with Gasteiger partial charge >= 0.3 is 0 Å². The zero-order chi connectivity index (χ0) is 11.7. The van der Waals surface area contributed by atoms with Crippen molar-refractivity contribution in [2.75, 3.05) is 24.7 Å². The number of nitrogens with one attached hydrogen (secondary N) is 1. The second-order valence-electron chi connectivity index (χ2n) is 4.44. The molecule has 3 rings (SSSR count). The van der Waals surface area contributed by atoms with Gasteiger partial charge in [-0.05, 0) is 12.8 Å². The predicted molar refractivity (Wildman–Crippen MR) is 62.6 cm³/mol. The molecule has 1 fully saturated rings. The lowest BCUT2D eigenvalue weighted by Crippen LogP contribution is -2.36. The number of alkyl halides is 1. The number of fused-ring (bicyclic) bond motifs is 1. The number of hydrogen-bond acceptors (Lipinski definition) is 4. The van der Waals surface area contributed by atoms with E-state index in [4.69, 9.17) is 0 Å². The van der Waals surface area contributed by atoms with Crippen LogP contribution in [0.3, 0.4) is 0 Å². The summed E-state index contributed by atoms with van der Waals surface area (Å²) in [7, 11) is 0. The van der Waals surface area contributed by atoms with Crippen molar-refractivity contribution < 1.29 is 4.39 Å². The molecule has 5 nitrogen and oxygen atoms in total. The highest BCUT2D eigenvalue weighted by Gasteiger charge is 2.22. The summed E-state index contributed by atoms with van der Waals surface area (Å²) in [5.41, 5.74) is 0.734. The number of aromatic nitrogens is 4. The molecule has 3 heterocycles. The average Bonchev–Trinajstić information content (AvgIpc) is 2.87. The number of aromatic amines is 1. The Morgan fingerprint density at radius 2 is 2.41 bits per heavy atom. The normalized spacial score (nSPS) is 21.0. The minimum atomic E-state index is -0.254. The van der Waals surface area contributed by atoms with Crippen LogP contribution in [0.2, 0.25) is 0 Å². The molecule has 2 aromatic heterocycles. The van der Waals surface area contributed by atoms with Crippen LogP contribution >= 0.6 is 0 Å². The van der Waals surface area contributed by atoms with Crippen molar-refractivity contribution >= 4 is 16.9 Å². The minimum absolute atomic E-state index is 0.126. The van der Waals surface area contributed by atoms with Crippen LogP contribution in [0.4, 0.5) is 10.2 Å². The molecule has 1 atom stereocenters. The van der Waals surface area contributed by atoms with Crippen LogP contribution in [0.25, 0.3) is 11.0 Å². The highest BCUT2D eigenvalue weighted by molar-refractivity contribution is 5.86. The summed E-state index contributed by atoms with van der Waals surface area (Å²) in [5, 5.41) is 7.70. The summed E-state index contributed by atoms with van der Waals surface area (Å²) < 4.78 is 12.7. The zero-order valence-electron chi connectivity index (χ0n) is 9.43. The third-order valence-electron chi connectivity index (χ3n) is 3.26. The molecule has 0 saturated carbocycles. The third kappa shape index (κ3) is 1.83. The average molecular weight is 235 g/mol. The Morgan fingerprint density at radius 1 is 1.47 bits per heavy atom. The molecule has 0 radical (unpaired) electrons. The van der Waals surface area contributed by atoms with Gasteiger partial charge in [-0.15, -0.1) is 0 Å². The first kappa shape index (κ1) is 10.4. The first-order chi connectivity index (χ1) is 8.38. The topological polar surface area (TPSA) is 57.7 Å². The Bertz CT molecular complexity index is 511. The fourth-order valence-electron chi connectivity index (χ4n) is 2.39. The van der Waals surface area contributed by atoms with Crippen LogP contribution in [0, 0.1) is 5.92 Å². The summed E-state index contributed by atoms with van der Waals surface area (Å²) in [6.45, 7) is 1.40. The molecule has 0 bridgehead atoms. The Labute approximate surface area is 98.1 Å². The first-order valence-corrected chi connectivity index (χ1v) is 5.83. The van der Waals surface area contributed by atoms with Crippen LogP contribution in [0.1, 0.15) is 12.8 Å². The van der Waals surface area contributed by atoms with Gasteiger partial charge in [0.05, 0.1) is 18.3 Å². The Hall–Kier alpha value is -1.72. The first-order valence-electron chi connectivity index (χ1n) is 5.83. The van der Waals surface area contributed by atoms with Crippen molar-refractivity contribution in [2.24, 2.45) is 5.92 Å². The summed E-state index contributed by atoms with van der Waals surface area (Å²) in [4.78, 5) is 10.5. The lowest BCUT2D eigenvalue weighted by atomic mass is 9.99. The number of halogens is 1. The lowest BCUT2D eigenvalue weighted by molar-refractivity contribution is 0.315. The second kappa shape index (κ2) is 4.27. The highest BCUT2D eigenvalue weighted by atomic mass is 19.1. The van der Waals surface area contributed by atoms with E-state index in [1.54, 1.807) is 6.20 Å². The van der Waals surface area contributed by atoms with Crippen molar-refractivity contribution in [3.05, 3.63) is 12.5 Å². The van der Waals surface area contributed by atoms with E-state index in [0.717, 1.165) is 42.8 Å². The van der Waals surface area contributed by atoms with E-state index in [2.05, 4.69) is 25.1 Å². The summed E-state index contributed by atoms with van der Waals surface area (Å²) in [5.74, 6) is 0.988. The van der Waals surface area contributed by atoms with Gasteiger partial charge in [0.15, 0.2) is 5.65 Å². The fourth-order valence-corrected chi connectivity index (χ4v) is 2.39. The monoisotopic (exact) mass is 235 g/mol. The maximum absolute atomic E-state index is 12.7. The molecule has 0 aromatic carbocycles. The van der Waals surface area contributed by atoms with Gasteiger partial charge in [0, 0.05) is 19.0 Å². The summed E-state index contributed by atoms with van der Waals surface area (Å²) in [6, 6.07) is 0. The number of hydrogen-bond donors (Lipinski definition) is 1. The SMILES string of the molecule is FCC1CCCN(c2ncnc3[nH]ncc23)C1. The number of anilines is 1. The molecule has 17 heavy (non-hydrogen) atoms. The molecule has 1 saturated heterocycles. The number of H-pyrrole nitrogens is 1. The maximum Gasteiger partial charge on any atom is 0.160 e. The molecule has 2 aromatic rings. The molecule has 0 aliphatic carbocycles. The maximum atomic E-state index is 12.7. The molecule has 0 amide bonds. The Kier molecular flexibility index (Phi) is 2.62. The van der Waals surface area contributed by atoms with Gasteiger partial charge in [-0.2, -0.15) is 5.10 Å². The van der Waals surface area contributed by atoms with E-state index >= 15 is 0 Å². The highest BCUT2D eigenvalue weighted by Crippen LogP contribution is 2.26. The number of rotatable bonds is 2. The van der Waals surface area contributed by atoms with Crippen LogP contribution in [-0.4, -0.2) is 39.9 Å². The second-order valence-corrected chi connectivity index (χ2v) is 4.44. The zero-order valence-corrected chi connectivity index (χ0v) is 9.43. The smallest absolute Gasteiger partial charge is 0.160 e. The van der Waals surface area contributed by atoms with Crippen molar-refractivity contribution in [3.8, 4) is 0 Å². The fraction of sp³-hybridized carbons (Fsp3) is 0.545. The quantitative estimate of drug-likeness (QED) is 0.857. The van der Waals surface area contributed by atoms with E-state index < -0.39 is 0 Å². The minimum Gasteiger partial charge on any atom is -0.356 e. The van der Waals surface area contributed by atoms with E-state index in [-0.39, 0.29) is 12.6 Å². The summed E-state index contributed by atoms with van der Waals surface area (Å²) in [6.07, 6.45) is 5.23. The molecular formula is C11H14FN5. The molecule has 1 aliphatic rings. The van der Waals surface area contributed by atoms with Crippen molar-refractivity contribution in [1.29, 1.82) is 0 Å². The number of nitrogens with zero attached hydrogens (tertiary/aromatic N) is 4. The number of piperidine rings is 1. The molecule has 1 unspecified atom stereocenters. The molecule has 6 heteroatoms. The van der Waals surface area contributed by atoms with Crippen LogP contribution in [-0.2, 0) is 0 Å². The van der Waals surface area contributed by atoms with Gasteiger partial charge in [-0.25, -0.2) is 9.97 Å². The van der Waals surface area contributed by atoms with E-state index in [9.17, 15) is 4.39 Å². The van der Waals surface area contributed by atoms with Gasteiger partial charge in [-0.1, -0.05) is 0 Å². The van der Waals surface area contributed by atoms with E-state index in [1.165, 1.54) is 6.33 Å². The van der Waals surface area contributed by atoms with Gasteiger partial charge < -0.3 is 4.90 Å².